The highest BCUT2D eigenvalue weighted by molar-refractivity contribution is 6.03. The van der Waals surface area contributed by atoms with Crippen molar-refractivity contribution >= 4 is 23.3 Å². The predicted molar refractivity (Wildman–Crippen MR) is 110 cm³/mol. The van der Waals surface area contributed by atoms with Crippen LogP contribution in [0.5, 0.6) is 17.2 Å². The van der Waals surface area contributed by atoms with Gasteiger partial charge in [-0.15, -0.1) is 0 Å². The van der Waals surface area contributed by atoms with Crippen molar-refractivity contribution in [2.75, 3.05) is 30.6 Å². The standard InChI is InChI=1S/C21H24N2O6/c1-3-27-18-13-17(23-20(24)10-11-21(25)26)19(28-4-2)12-16(18)22-14-29-15-8-6-5-7-9-15/h5-13,22H,3-4,14H2,1-2H3,(H,23,24)(H,25,26)/b11-10-. The number of ether oxygens (including phenoxy) is 3. The summed E-state index contributed by atoms with van der Waals surface area (Å²) in [7, 11) is 0. The Morgan fingerprint density at radius 1 is 0.931 bits per heavy atom. The Morgan fingerprint density at radius 2 is 1.55 bits per heavy atom. The van der Waals surface area contributed by atoms with E-state index in [1.165, 1.54) is 0 Å². The van der Waals surface area contributed by atoms with E-state index in [9.17, 15) is 9.59 Å². The zero-order chi connectivity index (χ0) is 21.1. The molecule has 0 bridgehead atoms. The fourth-order valence-corrected chi connectivity index (χ4v) is 2.38. The summed E-state index contributed by atoms with van der Waals surface area (Å²) in [6.45, 7) is 4.64. The lowest BCUT2D eigenvalue weighted by Gasteiger charge is -2.18. The first-order valence-electron chi connectivity index (χ1n) is 9.10. The SMILES string of the molecule is CCOc1cc(NC(=O)/C=C\C(=O)O)c(OCC)cc1NCOc1ccccc1. The second-order valence-electron chi connectivity index (χ2n) is 5.65. The lowest BCUT2D eigenvalue weighted by Crippen LogP contribution is -2.13. The molecule has 0 aliphatic carbocycles. The number of carboxylic acid groups (broad SMARTS) is 1. The van der Waals surface area contributed by atoms with E-state index in [1.807, 2.05) is 44.2 Å². The molecule has 0 saturated heterocycles. The Morgan fingerprint density at radius 3 is 2.17 bits per heavy atom. The third kappa shape index (κ3) is 7.10. The maximum atomic E-state index is 12.0. The van der Waals surface area contributed by atoms with Gasteiger partial charge in [-0.25, -0.2) is 4.79 Å². The van der Waals surface area contributed by atoms with Gasteiger partial charge in [0, 0.05) is 24.3 Å². The Bertz CT molecular complexity index is 852. The van der Waals surface area contributed by atoms with E-state index in [0.29, 0.717) is 36.1 Å². The fraction of sp³-hybridized carbons (Fsp3) is 0.238. The fourth-order valence-electron chi connectivity index (χ4n) is 2.38. The predicted octanol–water partition coefficient (Wildman–Crippen LogP) is 3.51. The van der Waals surface area contributed by atoms with Crippen molar-refractivity contribution in [3.8, 4) is 17.2 Å². The van der Waals surface area contributed by atoms with Gasteiger partial charge in [-0.2, -0.15) is 0 Å². The molecule has 0 aliphatic rings. The zero-order valence-corrected chi connectivity index (χ0v) is 16.3. The van der Waals surface area contributed by atoms with Crippen molar-refractivity contribution in [3.63, 3.8) is 0 Å². The summed E-state index contributed by atoms with van der Waals surface area (Å²) in [5.74, 6) is -0.181. The van der Waals surface area contributed by atoms with Crippen LogP contribution in [0.3, 0.4) is 0 Å². The molecule has 0 spiro atoms. The number of benzene rings is 2. The van der Waals surface area contributed by atoms with E-state index in [0.717, 1.165) is 17.9 Å². The van der Waals surface area contributed by atoms with Gasteiger partial charge in [-0.3, -0.25) is 4.79 Å². The largest absolute Gasteiger partial charge is 0.492 e. The van der Waals surface area contributed by atoms with E-state index >= 15 is 0 Å². The number of para-hydroxylation sites is 1. The van der Waals surface area contributed by atoms with Crippen LogP contribution < -0.4 is 24.8 Å². The Balaban J connectivity index is 2.20. The van der Waals surface area contributed by atoms with Crippen LogP contribution in [0.1, 0.15) is 13.8 Å². The molecule has 3 N–H and O–H groups in total. The lowest BCUT2D eigenvalue weighted by atomic mass is 10.2. The first-order chi connectivity index (χ1) is 14.0. The second-order valence-corrected chi connectivity index (χ2v) is 5.65. The Kier molecular flexibility index (Phi) is 8.37. The number of aliphatic carboxylic acids is 1. The molecular weight excluding hydrogens is 376 g/mol. The average molecular weight is 400 g/mol. The molecule has 0 saturated carbocycles. The van der Waals surface area contributed by atoms with Crippen LogP contribution in [0.2, 0.25) is 0 Å². The third-order valence-electron chi connectivity index (χ3n) is 3.56. The molecule has 0 radical (unpaired) electrons. The molecule has 29 heavy (non-hydrogen) atoms. The topological polar surface area (TPSA) is 106 Å². The van der Waals surface area contributed by atoms with E-state index in [4.69, 9.17) is 19.3 Å². The molecule has 8 nitrogen and oxygen atoms in total. The number of nitrogens with one attached hydrogen (secondary N) is 2. The van der Waals surface area contributed by atoms with Crippen LogP contribution >= 0.6 is 0 Å². The number of rotatable bonds is 11. The number of hydrogen-bond donors (Lipinski definition) is 3. The molecule has 0 atom stereocenters. The normalized spacial score (nSPS) is 10.4. The van der Waals surface area contributed by atoms with Crippen molar-refractivity contribution in [2.24, 2.45) is 0 Å². The molecule has 154 valence electrons. The quantitative estimate of drug-likeness (QED) is 0.391. The minimum Gasteiger partial charge on any atom is -0.492 e. The van der Waals surface area contributed by atoms with Gasteiger partial charge < -0.3 is 30.0 Å². The molecule has 0 unspecified atom stereocenters. The summed E-state index contributed by atoms with van der Waals surface area (Å²) in [6.07, 6.45) is 1.69. The second kappa shape index (κ2) is 11.2. The average Bonchev–Trinajstić information content (AvgIpc) is 2.70. The minimum absolute atomic E-state index is 0.197. The van der Waals surface area contributed by atoms with Crippen molar-refractivity contribution in [3.05, 3.63) is 54.6 Å². The van der Waals surface area contributed by atoms with Crippen LogP contribution in [-0.2, 0) is 9.59 Å². The molecule has 8 heteroatoms. The molecule has 0 fully saturated rings. The molecule has 2 aromatic rings. The number of carbonyl (C=O) groups is 2. The molecule has 2 rings (SSSR count). The van der Waals surface area contributed by atoms with Gasteiger partial charge >= 0.3 is 5.97 Å². The molecule has 1 amide bonds. The van der Waals surface area contributed by atoms with Crippen molar-refractivity contribution in [2.45, 2.75) is 13.8 Å². The number of carboxylic acids is 1. The maximum absolute atomic E-state index is 12.0. The van der Waals surface area contributed by atoms with Crippen LogP contribution in [0, 0.1) is 0 Å². The minimum atomic E-state index is -1.21. The van der Waals surface area contributed by atoms with Crippen molar-refractivity contribution in [1.29, 1.82) is 0 Å². The molecule has 0 aliphatic heterocycles. The van der Waals surface area contributed by atoms with E-state index < -0.39 is 11.9 Å². The van der Waals surface area contributed by atoms with Gasteiger partial charge in [0.15, 0.2) is 6.73 Å². The Labute approximate surface area is 169 Å². The zero-order valence-electron chi connectivity index (χ0n) is 16.3. The summed E-state index contributed by atoms with van der Waals surface area (Å²) >= 11 is 0. The number of amides is 1. The number of anilines is 2. The van der Waals surface area contributed by atoms with Crippen molar-refractivity contribution in [1.82, 2.24) is 0 Å². The highest BCUT2D eigenvalue weighted by atomic mass is 16.5. The van der Waals surface area contributed by atoms with E-state index in [2.05, 4.69) is 10.6 Å². The molecule has 0 heterocycles. The first kappa shape index (κ1) is 21.6. The first-order valence-corrected chi connectivity index (χ1v) is 9.10. The highest BCUT2D eigenvalue weighted by Gasteiger charge is 2.14. The van der Waals surface area contributed by atoms with Crippen LogP contribution in [-0.4, -0.2) is 36.9 Å². The van der Waals surface area contributed by atoms with Crippen molar-refractivity contribution < 1.29 is 28.9 Å². The lowest BCUT2D eigenvalue weighted by molar-refractivity contribution is -0.131. The molecule has 0 aromatic heterocycles. The van der Waals surface area contributed by atoms with Gasteiger partial charge in [0.25, 0.3) is 0 Å². The smallest absolute Gasteiger partial charge is 0.328 e. The summed E-state index contributed by atoms with van der Waals surface area (Å²) in [5, 5.41) is 14.4. The van der Waals surface area contributed by atoms with E-state index in [1.54, 1.807) is 12.1 Å². The van der Waals surface area contributed by atoms with Gasteiger partial charge in [0.05, 0.1) is 24.6 Å². The monoisotopic (exact) mass is 400 g/mol. The summed E-state index contributed by atoms with van der Waals surface area (Å²) in [6, 6.07) is 12.7. The van der Waals surface area contributed by atoms with Crippen LogP contribution in [0.15, 0.2) is 54.6 Å². The van der Waals surface area contributed by atoms with Crippen LogP contribution in [0.25, 0.3) is 0 Å². The van der Waals surface area contributed by atoms with Gasteiger partial charge in [-0.1, -0.05) is 18.2 Å². The van der Waals surface area contributed by atoms with Gasteiger partial charge in [-0.05, 0) is 26.0 Å². The third-order valence-corrected chi connectivity index (χ3v) is 3.56. The Hall–Kier alpha value is -3.68. The van der Waals surface area contributed by atoms with E-state index in [-0.39, 0.29) is 6.73 Å². The van der Waals surface area contributed by atoms with Gasteiger partial charge in [0.1, 0.15) is 17.2 Å². The van der Waals surface area contributed by atoms with Crippen LogP contribution in [0.4, 0.5) is 11.4 Å². The summed E-state index contributed by atoms with van der Waals surface area (Å²) < 4.78 is 16.9. The number of hydrogen-bond acceptors (Lipinski definition) is 6. The summed E-state index contributed by atoms with van der Waals surface area (Å²) in [4.78, 5) is 22.5. The highest BCUT2D eigenvalue weighted by Crippen LogP contribution is 2.37. The number of carbonyl (C=O) groups excluding carboxylic acids is 1. The molecule has 2 aromatic carbocycles. The molecular formula is C21H24N2O6. The maximum Gasteiger partial charge on any atom is 0.328 e. The van der Waals surface area contributed by atoms with Gasteiger partial charge in [0.2, 0.25) is 5.91 Å². The summed E-state index contributed by atoms with van der Waals surface area (Å²) in [5.41, 5.74) is 0.996.